The van der Waals surface area contributed by atoms with E-state index in [2.05, 4.69) is 40.9 Å². The molecule has 0 aliphatic carbocycles. The van der Waals surface area contributed by atoms with Gasteiger partial charge in [-0.25, -0.2) is 4.31 Å². The van der Waals surface area contributed by atoms with Crippen LogP contribution in [0.25, 0.3) is 0 Å². The number of carbonyl (C=O) groups is 1. The molecule has 1 atom stereocenters. The zero-order valence-corrected chi connectivity index (χ0v) is 13.8. The minimum Gasteiger partial charge on any atom is -0.403 e. The van der Waals surface area contributed by atoms with Crippen molar-refractivity contribution >= 4 is 17.9 Å². The summed E-state index contributed by atoms with van der Waals surface area (Å²) in [6.45, 7) is 6.36. The van der Waals surface area contributed by atoms with E-state index in [9.17, 15) is 4.79 Å². The molecule has 1 heterocycles. The molecule has 5 N–H and O–H groups in total. The summed E-state index contributed by atoms with van der Waals surface area (Å²) < 4.78 is 2.28. The molecular weight excluding hydrogens is 298 g/mol. The SMILES string of the molecule is Cc1ccc(SN2CCN(C(=O)/C(=C/N)NN)C(C)C2)cc1. The zero-order chi connectivity index (χ0) is 16.1. The molecule has 0 radical (unpaired) electrons. The molecule has 1 saturated heterocycles. The highest BCUT2D eigenvalue weighted by atomic mass is 32.2. The number of benzene rings is 1. The fourth-order valence-electron chi connectivity index (χ4n) is 2.39. The molecule has 0 aromatic heterocycles. The number of hydrogen-bond donors (Lipinski definition) is 3. The summed E-state index contributed by atoms with van der Waals surface area (Å²) >= 11 is 1.73. The van der Waals surface area contributed by atoms with E-state index >= 15 is 0 Å². The van der Waals surface area contributed by atoms with Gasteiger partial charge in [0.25, 0.3) is 5.91 Å². The Morgan fingerprint density at radius 3 is 2.59 bits per heavy atom. The van der Waals surface area contributed by atoms with Crippen LogP contribution < -0.4 is 17.0 Å². The quantitative estimate of drug-likeness (QED) is 0.329. The van der Waals surface area contributed by atoms with Crippen molar-refractivity contribution in [1.29, 1.82) is 0 Å². The number of aryl methyl sites for hydroxylation is 1. The van der Waals surface area contributed by atoms with Crippen LogP contribution in [0.4, 0.5) is 0 Å². The molecule has 2 rings (SSSR count). The zero-order valence-electron chi connectivity index (χ0n) is 13.0. The highest BCUT2D eigenvalue weighted by Crippen LogP contribution is 2.26. The van der Waals surface area contributed by atoms with Gasteiger partial charge in [-0.15, -0.1) is 0 Å². The molecule has 120 valence electrons. The van der Waals surface area contributed by atoms with Crippen LogP contribution in [-0.2, 0) is 4.79 Å². The average Bonchev–Trinajstić information content (AvgIpc) is 2.51. The molecule has 1 aromatic rings. The Hall–Kier alpha value is -1.70. The van der Waals surface area contributed by atoms with Crippen LogP contribution in [-0.4, -0.2) is 40.8 Å². The van der Waals surface area contributed by atoms with Gasteiger partial charge < -0.3 is 16.1 Å². The fourth-order valence-corrected chi connectivity index (χ4v) is 3.41. The highest BCUT2D eigenvalue weighted by molar-refractivity contribution is 7.97. The molecule has 1 aromatic carbocycles. The lowest BCUT2D eigenvalue weighted by atomic mass is 10.2. The Labute approximate surface area is 135 Å². The predicted molar refractivity (Wildman–Crippen MR) is 89.4 cm³/mol. The van der Waals surface area contributed by atoms with Crippen LogP contribution >= 0.6 is 11.9 Å². The smallest absolute Gasteiger partial charge is 0.273 e. The molecule has 1 unspecified atom stereocenters. The third kappa shape index (κ3) is 3.94. The number of carbonyl (C=O) groups excluding carboxylic acids is 1. The van der Waals surface area contributed by atoms with E-state index in [0.717, 1.165) is 13.1 Å². The molecule has 22 heavy (non-hydrogen) atoms. The van der Waals surface area contributed by atoms with Crippen LogP contribution in [0.1, 0.15) is 12.5 Å². The normalized spacial score (nSPS) is 20.0. The minimum absolute atomic E-state index is 0.0995. The predicted octanol–water partition coefficient (Wildman–Crippen LogP) is 0.798. The van der Waals surface area contributed by atoms with E-state index < -0.39 is 0 Å². The van der Waals surface area contributed by atoms with Gasteiger partial charge in [0.1, 0.15) is 5.70 Å². The van der Waals surface area contributed by atoms with Crippen molar-refractivity contribution in [1.82, 2.24) is 14.6 Å². The molecule has 1 aliphatic rings. The third-order valence-electron chi connectivity index (χ3n) is 3.66. The van der Waals surface area contributed by atoms with Gasteiger partial charge in [-0.2, -0.15) is 0 Å². The molecule has 7 heteroatoms. The first kappa shape index (κ1) is 16.7. The van der Waals surface area contributed by atoms with Gasteiger partial charge in [-0.05, 0) is 37.9 Å². The number of nitrogens with zero attached hydrogens (tertiary/aromatic N) is 2. The van der Waals surface area contributed by atoms with Gasteiger partial charge in [0.15, 0.2) is 0 Å². The van der Waals surface area contributed by atoms with Crippen molar-refractivity contribution in [2.75, 3.05) is 19.6 Å². The second kappa shape index (κ2) is 7.53. The van der Waals surface area contributed by atoms with E-state index in [1.54, 1.807) is 16.8 Å². The molecular formula is C15H23N5OS. The number of nitrogens with two attached hydrogens (primary N) is 2. The maximum Gasteiger partial charge on any atom is 0.273 e. The Bertz CT molecular complexity index is 545. The van der Waals surface area contributed by atoms with Crippen LogP contribution in [0, 0.1) is 6.92 Å². The maximum atomic E-state index is 12.3. The molecule has 1 fully saturated rings. The Morgan fingerprint density at radius 1 is 1.36 bits per heavy atom. The standard InChI is InChI=1S/C15H23N5OS/c1-11-3-5-13(6-4-11)22-19-7-8-20(12(2)10-19)15(21)14(9-16)18-17/h3-6,9,12,18H,7-8,10,16-17H2,1-2H3/b14-9-. The number of hydrogen-bond acceptors (Lipinski definition) is 6. The molecule has 0 spiro atoms. The minimum atomic E-state index is -0.155. The maximum absolute atomic E-state index is 12.3. The Balaban J connectivity index is 1.95. The van der Waals surface area contributed by atoms with Crippen molar-refractivity contribution in [3.05, 3.63) is 41.7 Å². The van der Waals surface area contributed by atoms with Crippen LogP contribution in [0.2, 0.25) is 0 Å². The summed E-state index contributed by atoms with van der Waals surface area (Å²) in [5, 5.41) is 0. The average molecular weight is 321 g/mol. The van der Waals surface area contributed by atoms with Crippen molar-refractivity contribution in [3.8, 4) is 0 Å². The first-order chi connectivity index (χ1) is 10.5. The van der Waals surface area contributed by atoms with Gasteiger partial charge in [0.2, 0.25) is 0 Å². The number of amides is 1. The summed E-state index contributed by atoms with van der Waals surface area (Å²) in [5.41, 5.74) is 9.24. The number of nitrogens with one attached hydrogen (secondary N) is 1. The summed E-state index contributed by atoms with van der Waals surface area (Å²) in [4.78, 5) is 15.3. The summed E-state index contributed by atoms with van der Waals surface area (Å²) in [6.07, 6.45) is 1.21. The van der Waals surface area contributed by atoms with Crippen LogP contribution in [0.5, 0.6) is 0 Å². The largest absolute Gasteiger partial charge is 0.403 e. The van der Waals surface area contributed by atoms with E-state index in [1.807, 2.05) is 6.92 Å². The molecule has 6 nitrogen and oxygen atoms in total. The lowest BCUT2D eigenvalue weighted by Crippen LogP contribution is -2.53. The van der Waals surface area contributed by atoms with E-state index in [1.165, 1.54) is 16.7 Å². The van der Waals surface area contributed by atoms with Crippen molar-refractivity contribution < 1.29 is 4.79 Å². The summed E-state index contributed by atoms with van der Waals surface area (Å²) in [5.74, 6) is 5.16. The van der Waals surface area contributed by atoms with Gasteiger partial charge in [-0.3, -0.25) is 10.6 Å². The molecule has 0 bridgehead atoms. The van der Waals surface area contributed by atoms with Crippen molar-refractivity contribution in [2.24, 2.45) is 11.6 Å². The lowest BCUT2D eigenvalue weighted by molar-refractivity contribution is -0.131. The van der Waals surface area contributed by atoms with Gasteiger partial charge in [0, 0.05) is 36.8 Å². The summed E-state index contributed by atoms with van der Waals surface area (Å²) in [6, 6.07) is 8.56. The number of piperazine rings is 1. The van der Waals surface area contributed by atoms with E-state index in [-0.39, 0.29) is 17.6 Å². The van der Waals surface area contributed by atoms with E-state index in [4.69, 9.17) is 11.6 Å². The third-order valence-corrected chi connectivity index (χ3v) is 4.73. The number of hydrazine groups is 1. The van der Waals surface area contributed by atoms with Gasteiger partial charge in [-0.1, -0.05) is 17.7 Å². The number of rotatable bonds is 4. The fraction of sp³-hybridized carbons (Fsp3) is 0.400. The second-order valence-corrected chi connectivity index (χ2v) is 6.53. The first-order valence-corrected chi connectivity index (χ1v) is 8.01. The van der Waals surface area contributed by atoms with Crippen molar-refractivity contribution in [2.45, 2.75) is 24.8 Å². The van der Waals surface area contributed by atoms with Crippen LogP contribution in [0.3, 0.4) is 0 Å². The second-order valence-electron chi connectivity index (χ2n) is 5.36. The molecule has 0 saturated carbocycles. The summed E-state index contributed by atoms with van der Waals surface area (Å²) in [7, 11) is 0. The van der Waals surface area contributed by atoms with E-state index in [0.29, 0.717) is 6.54 Å². The Morgan fingerprint density at radius 2 is 2.05 bits per heavy atom. The molecule has 1 amide bonds. The van der Waals surface area contributed by atoms with Crippen LogP contribution in [0.15, 0.2) is 41.1 Å². The Kier molecular flexibility index (Phi) is 5.70. The monoisotopic (exact) mass is 321 g/mol. The lowest BCUT2D eigenvalue weighted by Gasteiger charge is -2.39. The molecule has 1 aliphatic heterocycles. The topological polar surface area (TPSA) is 87.6 Å². The first-order valence-electron chi connectivity index (χ1n) is 7.24. The van der Waals surface area contributed by atoms with Crippen molar-refractivity contribution in [3.63, 3.8) is 0 Å². The highest BCUT2D eigenvalue weighted by Gasteiger charge is 2.29. The van der Waals surface area contributed by atoms with Gasteiger partial charge in [0.05, 0.1) is 0 Å². The van der Waals surface area contributed by atoms with Gasteiger partial charge >= 0.3 is 0 Å².